The molecule has 2 rings (SSSR count). The summed E-state index contributed by atoms with van der Waals surface area (Å²) in [6.07, 6.45) is 5.82. The molecule has 106 valence electrons. The Morgan fingerprint density at radius 3 is 2.32 bits per heavy atom. The maximum atomic E-state index is 9.81. The van der Waals surface area contributed by atoms with E-state index < -0.39 is 0 Å². The van der Waals surface area contributed by atoms with Crippen LogP contribution in [0.5, 0.6) is 0 Å². The molecule has 0 bridgehead atoms. The van der Waals surface area contributed by atoms with Gasteiger partial charge in [-0.25, -0.2) is 0 Å². The Balaban J connectivity index is 1.92. The number of hydrogen-bond acceptors (Lipinski definition) is 2. The number of nitrogens with zero attached hydrogens (tertiary/aromatic N) is 1. The van der Waals surface area contributed by atoms with Crippen LogP contribution in [-0.2, 0) is 0 Å². The predicted molar refractivity (Wildman–Crippen MR) is 81.5 cm³/mol. The summed E-state index contributed by atoms with van der Waals surface area (Å²) >= 11 is 0. The van der Waals surface area contributed by atoms with Crippen molar-refractivity contribution in [3.8, 4) is 0 Å². The molecule has 1 aliphatic heterocycles. The number of hydrogen-bond donors (Lipinski definition) is 1. The Kier molecular flexibility index (Phi) is 5.26. The van der Waals surface area contributed by atoms with Gasteiger partial charge in [-0.2, -0.15) is 0 Å². The minimum atomic E-state index is -0.315. The van der Waals surface area contributed by atoms with Gasteiger partial charge < -0.3 is 10.0 Å². The second-order valence-corrected chi connectivity index (χ2v) is 5.73. The highest BCUT2D eigenvalue weighted by Gasteiger charge is 2.18. The molecule has 0 radical (unpaired) electrons. The number of benzene rings is 1. The van der Waals surface area contributed by atoms with Gasteiger partial charge in [0.1, 0.15) is 0 Å². The highest BCUT2D eigenvalue weighted by molar-refractivity contribution is 5.48. The zero-order valence-corrected chi connectivity index (χ0v) is 12.3. The van der Waals surface area contributed by atoms with E-state index in [1.165, 1.54) is 44.5 Å². The van der Waals surface area contributed by atoms with E-state index in [1.54, 1.807) is 0 Å². The molecule has 1 aromatic carbocycles. The summed E-state index contributed by atoms with van der Waals surface area (Å²) in [5, 5.41) is 9.81. The molecule has 1 aliphatic rings. The van der Waals surface area contributed by atoms with Crippen LogP contribution in [0.1, 0.15) is 57.6 Å². The summed E-state index contributed by atoms with van der Waals surface area (Å²) in [5.74, 6) is 0.933. The molecule has 2 heteroatoms. The molecule has 0 aromatic heterocycles. The molecule has 1 N–H and O–H groups in total. The Bertz CT molecular complexity index is 365. The third kappa shape index (κ3) is 3.73. The van der Waals surface area contributed by atoms with Crippen molar-refractivity contribution in [3.05, 3.63) is 29.8 Å². The highest BCUT2D eigenvalue weighted by atomic mass is 16.3. The predicted octanol–water partition coefficient (Wildman–Crippen LogP) is 4.15. The lowest BCUT2D eigenvalue weighted by Crippen LogP contribution is -2.33. The molecular formula is C17H27NO. The summed E-state index contributed by atoms with van der Waals surface area (Å²) in [7, 11) is 0. The molecule has 2 nitrogen and oxygen atoms in total. The molecule has 1 saturated heterocycles. The van der Waals surface area contributed by atoms with E-state index in [-0.39, 0.29) is 6.10 Å². The van der Waals surface area contributed by atoms with Gasteiger partial charge >= 0.3 is 0 Å². The van der Waals surface area contributed by atoms with E-state index >= 15 is 0 Å². The van der Waals surface area contributed by atoms with Crippen LogP contribution in [0.25, 0.3) is 0 Å². The van der Waals surface area contributed by atoms with E-state index in [2.05, 4.69) is 36.1 Å². The molecule has 1 aromatic rings. The van der Waals surface area contributed by atoms with Crippen molar-refractivity contribution in [2.75, 3.05) is 18.0 Å². The third-order valence-electron chi connectivity index (χ3n) is 4.34. The van der Waals surface area contributed by atoms with Crippen LogP contribution in [0, 0.1) is 5.92 Å². The first-order valence-corrected chi connectivity index (χ1v) is 7.77. The zero-order valence-electron chi connectivity index (χ0n) is 12.3. The van der Waals surface area contributed by atoms with Crippen LogP contribution in [-0.4, -0.2) is 18.2 Å². The Morgan fingerprint density at radius 2 is 1.79 bits per heavy atom. The van der Waals surface area contributed by atoms with Crippen molar-refractivity contribution in [3.63, 3.8) is 0 Å². The average molecular weight is 261 g/mol. The molecule has 19 heavy (non-hydrogen) atoms. The summed E-state index contributed by atoms with van der Waals surface area (Å²) in [6.45, 7) is 6.65. The number of aliphatic hydroxyl groups is 1. The molecule has 0 saturated carbocycles. The molecular weight excluding hydrogens is 234 g/mol. The molecule has 1 fully saturated rings. The smallest absolute Gasteiger partial charge is 0.0787 e. The monoisotopic (exact) mass is 261 g/mol. The van der Waals surface area contributed by atoms with Crippen LogP contribution in [0.3, 0.4) is 0 Å². The molecule has 1 heterocycles. The Hall–Kier alpha value is -1.02. The van der Waals surface area contributed by atoms with Crippen molar-refractivity contribution < 1.29 is 5.11 Å². The van der Waals surface area contributed by atoms with Gasteiger partial charge in [0.15, 0.2) is 0 Å². The quantitative estimate of drug-likeness (QED) is 0.861. The van der Waals surface area contributed by atoms with E-state index in [9.17, 15) is 5.11 Å². The van der Waals surface area contributed by atoms with Gasteiger partial charge in [0.25, 0.3) is 0 Å². The number of aliphatic hydroxyl groups excluding tert-OH is 1. The number of piperidine rings is 1. The standard InChI is InChI=1S/C17H27NO/c1-3-5-14-10-12-18(13-11-14)16-8-6-15(7-9-16)17(19)4-2/h6-9,14,17,19H,3-5,10-13H2,1-2H3/t17-/m1/s1. The summed E-state index contributed by atoms with van der Waals surface area (Å²) in [6, 6.07) is 8.46. The first-order chi connectivity index (χ1) is 9.24. The normalized spacial score (nSPS) is 18.6. The van der Waals surface area contributed by atoms with Crippen LogP contribution < -0.4 is 4.90 Å². The number of rotatable bonds is 5. The van der Waals surface area contributed by atoms with Crippen LogP contribution in [0.15, 0.2) is 24.3 Å². The summed E-state index contributed by atoms with van der Waals surface area (Å²) < 4.78 is 0. The fourth-order valence-corrected chi connectivity index (χ4v) is 3.03. The number of anilines is 1. The van der Waals surface area contributed by atoms with Gasteiger partial charge in [0.2, 0.25) is 0 Å². The minimum absolute atomic E-state index is 0.315. The van der Waals surface area contributed by atoms with E-state index in [1.807, 2.05) is 6.92 Å². The van der Waals surface area contributed by atoms with Crippen molar-refractivity contribution in [1.29, 1.82) is 0 Å². The maximum absolute atomic E-state index is 9.81. The van der Waals surface area contributed by atoms with Gasteiger partial charge in [-0.1, -0.05) is 38.8 Å². The van der Waals surface area contributed by atoms with Crippen LogP contribution in [0.2, 0.25) is 0 Å². The largest absolute Gasteiger partial charge is 0.388 e. The Labute approximate surface area is 117 Å². The van der Waals surface area contributed by atoms with Crippen molar-refractivity contribution in [2.24, 2.45) is 5.92 Å². The molecule has 0 amide bonds. The van der Waals surface area contributed by atoms with Crippen LogP contribution >= 0.6 is 0 Å². The fraction of sp³-hybridized carbons (Fsp3) is 0.647. The van der Waals surface area contributed by atoms with Gasteiger partial charge in [-0.05, 0) is 42.9 Å². The van der Waals surface area contributed by atoms with Gasteiger partial charge in [0, 0.05) is 18.8 Å². The molecule has 0 spiro atoms. The SMILES string of the molecule is CCCC1CCN(c2ccc([C@H](O)CC)cc2)CC1. The van der Waals surface area contributed by atoms with Gasteiger partial charge in [0.05, 0.1) is 6.10 Å². The lowest BCUT2D eigenvalue weighted by molar-refractivity contribution is 0.173. The van der Waals surface area contributed by atoms with Gasteiger partial charge in [-0.3, -0.25) is 0 Å². The topological polar surface area (TPSA) is 23.5 Å². The molecule has 0 unspecified atom stereocenters. The first-order valence-electron chi connectivity index (χ1n) is 7.77. The van der Waals surface area contributed by atoms with E-state index in [0.717, 1.165) is 17.9 Å². The lowest BCUT2D eigenvalue weighted by atomic mass is 9.92. The first kappa shape index (κ1) is 14.4. The third-order valence-corrected chi connectivity index (χ3v) is 4.34. The lowest BCUT2D eigenvalue weighted by Gasteiger charge is -2.33. The van der Waals surface area contributed by atoms with Crippen molar-refractivity contribution >= 4 is 5.69 Å². The second kappa shape index (κ2) is 6.95. The second-order valence-electron chi connectivity index (χ2n) is 5.73. The maximum Gasteiger partial charge on any atom is 0.0787 e. The fourth-order valence-electron chi connectivity index (χ4n) is 3.03. The minimum Gasteiger partial charge on any atom is -0.388 e. The molecule has 0 aliphatic carbocycles. The van der Waals surface area contributed by atoms with Crippen molar-refractivity contribution in [2.45, 2.75) is 52.1 Å². The van der Waals surface area contributed by atoms with E-state index in [4.69, 9.17) is 0 Å². The van der Waals surface area contributed by atoms with Crippen molar-refractivity contribution in [1.82, 2.24) is 0 Å². The van der Waals surface area contributed by atoms with Crippen LogP contribution in [0.4, 0.5) is 5.69 Å². The highest BCUT2D eigenvalue weighted by Crippen LogP contribution is 2.27. The van der Waals surface area contributed by atoms with Gasteiger partial charge in [-0.15, -0.1) is 0 Å². The molecule has 1 atom stereocenters. The average Bonchev–Trinajstić information content (AvgIpc) is 2.48. The summed E-state index contributed by atoms with van der Waals surface area (Å²) in [4.78, 5) is 2.48. The summed E-state index contributed by atoms with van der Waals surface area (Å²) in [5.41, 5.74) is 2.34. The Morgan fingerprint density at radius 1 is 1.16 bits per heavy atom. The van der Waals surface area contributed by atoms with E-state index in [0.29, 0.717) is 0 Å². The zero-order chi connectivity index (χ0) is 13.7.